The largest absolute Gasteiger partial charge is 0.394 e. The lowest BCUT2D eigenvalue weighted by Gasteiger charge is -2.16. The first-order valence-corrected chi connectivity index (χ1v) is 4.87. The molecular formula is C11H16FNO2. The zero-order chi connectivity index (χ0) is 11.3. The molecule has 1 unspecified atom stereocenters. The number of hydrogen-bond donors (Lipinski definition) is 2. The molecule has 0 aromatic heterocycles. The molecule has 0 aliphatic carbocycles. The van der Waals surface area contributed by atoms with E-state index in [1.807, 2.05) is 0 Å². The van der Waals surface area contributed by atoms with Gasteiger partial charge in [0, 0.05) is 6.54 Å². The van der Waals surface area contributed by atoms with Crippen LogP contribution in [0.2, 0.25) is 0 Å². The van der Waals surface area contributed by atoms with Gasteiger partial charge in [0.25, 0.3) is 0 Å². The van der Waals surface area contributed by atoms with Crippen LogP contribution in [0.5, 0.6) is 0 Å². The Morgan fingerprint density at radius 1 is 1.53 bits per heavy atom. The van der Waals surface area contributed by atoms with Gasteiger partial charge in [-0.1, -0.05) is 12.1 Å². The first-order valence-electron chi connectivity index (χ1n) is 4.87. The molecule has 3 N–H and O–H groups in total. The van der Waals surface area contributed by atoms with Crippen molar-refractivity contribution in [2.75, 3.05) is 19.8 Å². The number of aliphatic hydroxyl groups excluding tert-OH is 1. The summed E-state index contributed by atoms with van der Waals surface area (Å²) >= 11 is 0. The lowest BCUT2D eigenvalue weighted by Crippen LogP contribution is -2.17. The smallest absolute Gasteiger partial charge is 0.126 e. The van der Waals surface area contributed by atoms with Crippen molar-refractivity contribution < 1.29 is 14.2 Å². The molecule has 0 bridgehead atoms. The number of ether oxygens (including phenoxy) is 1. The van der Waals surface area contributed by atoms with Gasteiger partial charge in [-0.25, -0.2) is 4.39 Å². The first-order chi connectivity index (χ1) is 7.19. The monoisotopic (exact) mass is 213 g/mol. The highest BCUT2D eigenvalue weighted by Gasteiger charge is 2.11. The highest BCUT2D eigenvalue weighted by Crippen LogP contribution is 2.18. The van der Waals surface area contributed by atoms with E-state index < -0.39 is 0 Å². The molecule has 84 valence electrons. The Kier molecular flexibility index (Phi) is 4.68. The minimum Gasteiger partial charge on any atom is -0.394 e. The molecule has 1 aromatic carbocycles. The van der Waals surface area contributed by atoms with Crippen LogP contribution in [0.1, 0.15) is 17.2 Å². The van der Waals surface area contributed by atoms with Gasteiger partial charge < -0.3 is 15.6 Å². The molecule has 1 aromatic rings. The van der Waals surface area contributed by atoms with Gasteiger partial charge in [0.05, 0.1) is 19.3 Å². The van der Waals surface area contributed by atoms with Crippen molar-refractivity contribution in [2.45, 2.75) is 13.0 Å². The summed E-state index contributed by atoms with van der Waals surface area (Å²) < 4.78 is 18.5. The summed E-state index contributed by atoms with van der Waals surface area (Å²) in [7, 11) is 0. The third-order valence-electron chi connectivity index (χ3n) is 2.19. The van der Waals surface area contributed by atoms with E-state index in [1.165, 1.54) is 6.07 Å². The summed E-state index contributed by atoms with van der Waals surface area (Å²) in [6.07, 6.45) is -0.354. The third kappa shape index (κ3) is 3.27. The van der Waals surface area contributed by atoms with Crippen molar-refractivity contribution in [3.05, 3.63) is 35.1 Å². The van der Waals surface area contributed by atoms with Crippen molar-refractivity contribution in [1.29, 1.82) is 0 Å². The summed E-state index contributed by atoms with van der Waals surface area (Å²) in [5, 5.41) is 8.62. The van der Waals surface area contributed by atoms with Crippen molar-refractivity contribution >= 4 is 0 Å². The van der Waals surface area contributed by atoms with Crippen molar-refractivity contribution in [2.24, 2.45) is 5.73 Å². The number of nitrogens with two attached hydrogens (primary N) is 1. The molecule has 3 nitrogen and oxygen atoms in total. The maximum Gasteiger partial charge on any atom is 0.126 e. The fourth-order valence-corrected chi connectivity index (χ4v) is 1.30. The Labute approximate surface area is 88.7 Å². The van der Waals surface area contributed by atoms with E-state index in [9.17, 15) is 4.39 Å². The first kappa shape index (κ1) is 12.1. The molecule has 0 fully saturated rings. The van der Waals surface area contributed by atoms with Crippen LogP contribution in [0, 0.1) is 12.7 Å². The average Bonchev–Trinajstić information content (AvgIpc) is 2.24. The average molecular weight is 213 g/mol. The Hall–Kier alpha value is -0.970. The van der Waals surface area contributed by atoms with Gasteiger partial charge in [-0.3, -0.25) is 0 Å². The molecule has 0 radical (unpaired) electrons. The second kappa shape index (κ2) is 5.80. The van der Waals surface area contributed by atoms with E-state index in [2.05, 4.69) is 0 Å². The van der Waals surface area contributed by atoms with Gasteiger partial charge in [0.1, 0.15) is 5.82 Å². The second-order valence-corrected chi connectivity index (χ2v) is 3.33. The Morgan fingerprint density at radius 3 is 2.80 bits per heavy atom. The molecule has 0 spiro atoms. The van der Waals surface area contributed by atoms with Crippen LogP contribution in [0.3, 0.4) is 0 Å². The molecule has 0 heterocycles. The number of hydrogen-bond acceptors (Lipinski definition) is 3. The van der Waals surface area contributed by atoms with Crippen LogP contribution in [0.15, 0.2) is 18.2 Å². The van der Waals surface area contributed by atoms with E-state index in [-0.39, 0.29) is 31.7 Å². The second-order valence-electron chi connectivity index (χ2n) is 3.33. The third-order valence-corrected chi connectivity index (χ3v) is 2.19. The maximum atomic E-state index is 13.3. The fraction of sp³-hybridized carbons (Fsp3) is 0.455. The normalized spacial score (nSPS) is 12.8. The Bertz CT molecular complexity index is 317. The predicted octanol–water partition coefficient (Wildman–Crippen LogP) is 1.14. The number of rotatable bonds is 5. The van der Waals surface area contributed by atoms with Crippen LogP contribution >= 0.6 is 0 Å². The van der Waals surface area contributed by atoms with Gasteiger partial charge in [-0.15, -0.1) is 0 Å². The van der Waals surface area contributed by atoms with Gasteiger partial charge in [0.15, 0.2) is 0 Å². The minimum absolute atomic E-state index is 0.0646. The van der Waals surface area contributed by atoms with Gasteiger partial charge in [0.2, 0.25) is 0 Å². The van der Waals surface area contributed by atoms with E-state index in [1.54, 1.807) is 19.1 Å². The van der Waals surface area contributed by atoms with Gasteiger partial charge in [-0.05, 0) is 24.1 Å². The van der Waals surface area contributed by atoms with E-state index in [4.69, 9.17) is 15.6 Å². The SMILES string of the molecule is Cc1ccc(C(CN)OCCO)cc1F. The fourth-order valence-electron chi connectivity index (χ4n) is 1.30. The van der Waals surface area contributed by atoms with Crippen molar-refractivity contribution in [3.63, 3.8) is 0 Å². The highest BCUT2D eigenvalue weighted by molar-refractivity contribution is 5.25. The number of benzene rings is 1. The number of halogens is 1. The van der Waals surface area contributed by atoms with Crippen LogP contribution < -0.4 is 5.73 Å². The summed E-state index contributed by atoms with van der Waals surface area (Å²) in [6.45, 7) is 2.11. The molecule has 0 aliphatic heterocycles. The van der Waals surface area contributed by atoms with Gasteiger partial charge in [-0.2, -0.15) is 0 Å². The topological polar surface area (TPSA) is 55.5 Å². The Balaban J connectivity index is 2.78. The summed E-state index contributed by atoms with van der Waals surface area (Å²) in [5.74, 6) is -0.265. The lowest BCUT2D eigenvalue weighted by molar-refractivity contribution is 0.0327. The van der Waals surface area contributed by atoms with E-state index >= 15 is 0 Å². The summed E-state index contributed by atoms with van der Waals surface area (Å²) in [5.41, 5.74) is 6.80. The number of aryl methyl sites for hydroxylation is 1. The highest BCUT2D eigenvalue weighted by atomic mass is 19.1. The van der Waals surface area contributed by atoms with Crippen molar-refractivity contribution in [3.8, 4) is 0 Å². The molecule has 15 heavy (non-hydrogen) atoms. The van der Waals surface area contributed by atoms with E-state index in [0.717, 1.165) is 0 Å². The molecule has 0 saturated carbocycles. The van der Waals surface area contributed by atoms with Gasteiger partial charge >= 0.3 is 0 Å². The zero-order valence-electron chi connectivity index (χ0n) is 8.74. The molecule has 4 heteroatoms. The molecule has 0 amide bonds. The van der Waals surface area contributed by atoms with E-state index in [0.29, 0.717) is 11.1 Å². The molecule has 0 saturated heterocycles. The quantitative estimate of drug-likeness (QED) is 0.771. The van der Waals surface area contributed by atoms with Crippen LogP contribution in [-0.2, 0) is 4.74 Å². The predicted molar refractivity (Wildman–Crippen MR) is 56.0 cm³/mol. The summed E-state index contributed by atoms with van der Waals surface area (Å²) in [6, 6.07) is 4.90. The number of aliphatic hydroxyl groups is 1. The minimum atomic E-state index is -0.354. The lowest BCUT2D eigenvalue weighted by atomic mass is 10.1. The van der Waals surface area contributed by atoms with Crippen molar-refractivity contribution in [1.82, 2.24) is 0 Å². The standard InChI is InChI=1S/C11H16FNO2/c1-8-2-3-9(6-10(8)12)11(7-13)15-5-4-14/h2-3,6,11,14H,4-5,7,13H2,1H3. The molecule has 1 atom stereocenters. The van der Waals surface area contributed by atoms with Crippen LogP contribution in [0.4, 0.5) is 4.39 Å². The molecular weight excluding hydrogens is 197 g/mol. The maximum absolute atomic E-state index is 13.3. The van der Waals surface area contributed by atoms with Crippen LogP contribution in [0.25, 0.3) is 0 Å². The zero-order valence-corrected chi connectivity index (χ0v) is 8.74. The molecule has 1 rings (SSSR count). The van der Waals surface area contributed by atoms with Crippen LogP contribution in [-0.4, -0.2) is 24.9 Å². The molecule has 0 aliphatic rings. The summed E-state index contributed by atoms with van der Waals surface area (Å²) in [4.78, 5) is 0. The Morgan fingerprint density at radius 2 is 2.27 bits per heavy atom.